The predicted molar refractivity (Wildman–Crippen MR) is 67.8 cm³/mol. The molecule has 0 atom stereocenters. The second-order valence-corrected chi connectivity index (χ2v) is 3.30. The fraction of sp³-hybridized carbons (Fsp3) is 0.500. The average Bonchev–Trinajstić information content (AvgIpc) is 2.25. The Bertz CT molecular complexity index is 235. The van der Waals surface area contributed by atoms with Gasteiger partial charge >= 0.3 is 0 Å². The maximum atomic E-state index is 7.57. The van der Waals surface area contributed by atoms with Crippen LogP contribution in [0.1, 0.15) is 26.3 Å². The highest BCUT2D eigenvalue weighted by atomic mass is 35.5. The SMILES string of the molecule is CCO.Cc1ccc(OC(C)C)cc1.OCl. The van der Waals surface area contributed by atoms with Crippen LogP contribution < -0.4 is 4.74 Å². The first-order valence-electron chi connectivity index (χ1n) is 5.11. The zero-order chi connectivity index (χ0) is 13.0. The van der Waals surface area contributed by atoms with Crippen LogP contribution >= 0.6 is 11.9 Å². The van der Waals surface area contributed by atoms with E-state index in [0.717, 1.165) is 5.75 Å². The third kappa shape index (κ3) is 11.3. The second kappa shape index (κ2) is 12.3. The Morgan fingerprint density at radius 1 is 1.19 bits per heavy atom. The van der Waals surface area contributed by atoms with Crippen LogP contribution in [0.25, 0.3) is 0 Å². The van der Waals surface area contributed by atoms with E-state index in [2.05, 4.69) is 30.9 Å². The van der Waals surface area contributed by atoms with Gasteiger partial charge in [0.2, 0.25) is 0 Å². The maximum Gasteiger partial charge on any atom is 0.119 e. The summed E-state index contributed by atoms with van der Waals surface area (Å²) in [4.78, 5) is 0. The van der Waals surface area contributed by atoms with Crippen LogP contribution in [0, 0.1) is 6.92 Å². The molecule has 0 heterocycles. The van der Waals surface area contributed by atoms with Crippen molar-refractivity contribution in [2.75, 3.05) is 6.61 Å². The molecule has 0 aliphatic carbocycles. The lowest BCUT2D eigenvalue weighted by Crippen LogP contribution is -2.05. The number of halogens is 1. The molecule has 0 saturated carbocycles. The predicted octanol–water partition coefficient (Wildman–Crippen LogP) is 2.91. The molecule has 0 amide bonds. The lowest BCUT2D eigenvalue weighted by molar-refractivity contribution is 0.242. The van der Waals surface area contributed by atoms with Crippen LogP contribution in [0.2, 0.25) is 0 Å². The molecule has 1 aromatic rings. The lowest BCUT2D eigenvalue weighted by Gasteiger charge is -2.08. The standard InChI is InChI=1S/C10H14O.C2H6O.ClHO/c1-8(2)11-10-6-4-9(3)5-7-10;1-2-3;1-2/h4-8H,1-3H3;3H,2H2,1H3;2H. The molecular formula is C12H21ClO3. The van der Waals surface area contributed by atoms with Crippen molar-refractivity contribution in [1.29, 1.82) is 0 Å². The molecule has 3 nitrogen and oxygen atoms in total. The molecule has 94 valence electrons. The number of aliphatic hydroxyl groups is 1. The van der Waals surface area contributed by atoms with Crippen LogP contribution in [0.15, 0.2) is 24.3 Å². The Morgan fingerprint density at radius 3 is 1.88 bits per heavy atom. The zero-order valence-electron chi connectivity index (χ0n) is 10.3. The molecule has 0 aliphatic heterocycles. The molecule has 1 rings (SSSR count). The molecule has 2 N–H and O–H groups in total. The number of benzene rings is 1. The smallest absolute Gasteiger partial charge is 0.119 e. The first-order chi connectivity index (χ1) is 7.60. The zero-order valence-corrected chi connectivity index (χ0v) is 11.0. The van der Waals surface area contributed by atoms with Crippen molar-refractivity contribution in [3.63, 3.8) is 0 Å². The molecule has 0 spiro atoms. The molecule has 0 unspecified atom stereocenters. The quantitative estimate of drug-likeness (QED) is 0.846. The van der Waals surface area contributed by atoms with Gasteiger partial charge in [-0.15, -0.1) is 0 Å². The molecule has 0 saturated heterocycles. The molecule has 0 aromatic heterocycles. The number of rotatable bonds is 2. The van der Waals surface area contributed by atoms with E-state index in [1.165, 1.54) is 5.56 Å². The molecule has 0 radical (unpaired) electrons. The number of hydrogen-bond acceptors (Lipinski definition) is 3. The van der Waals surface area contributed by atoms with Crippen LogP contribution in [-0.2, 0) is 0 Å². The Kier molecular flexibility index (Phi) is 13.5. The first kappa shape index (κ1) is 17.6. The van der Waals surface area contributed by atoms with E-state index in [1.54, 1.807) is 6.92 Å². The summed E-state index contributed by atoms with van der Waals surface area (Å²) >= 11 is 3.64. The van der Waals surface area contributed by atoms with Crippen molar-refractivity contribution < 1.29 is 14.5 Å². The molecule has 0 fully saturated rings. The van der Waals surface area contributed by atoms with E-state index in [0.29, 0.717) is 0 Å². The monoisotopic (exact) mass is 248 g/mol. The van der Waals surface area contributed by atoms with Crippen molar-refractivity contribution in [1.82, 2.24) is 0 Å². The van der Waals surface area contributed by atoms with Crippen molar-refractivity contribution >= 4 is 11.9 Å². The van der Waals surface area contributed by atoms with Gasteiger partial charge in [0.05, 0.1) is 18.0 Å². The topological polar surface area (TPSA) is 49.7 Å². The fourth-order valence-electron chi connectivity index (χ4n) is 0.889. The highest BCUT2D eigenvalue weighted by Crippen LogP contribution is 2.12. The summed E-state index contributed by atoms with van der Waals surface area (Å²) < 4.78 is 11.9. The van der Waals surface area contributed by atoms with Gasteiger partial charge in [0.1, 0.15) is 5.75 Å². The number of hydrogen-bond donors (Lipinski definition) is 2. The van der Waals surface area contributed by atoms with Gasteiger partial charge in [-0.25, -0.2) is 0 Å². The minimum Gasteiger partial charge on any atom is -0.491 e. The van der Waals surface area contributed by atoms with Crippen LogP contribution in [0.4, 0.5) is 0 Å². The van der Waals surface area contributed by atoms with Crippen LogP contribution in [0.5, 0.6) is 5.75 Å². The molecule has 0 bridgehead atoms. The van der Waals surface area contributed by atoms with Gasteiger partial charge in [0.15, 0.2) is 0 Å². The number of ether oxygens (including phenoxy) is 1. The summed E-state index contributed by atoms with van der Waals surface area (Å²) in [6.45, 7) is 8.05. The molecular weight excluding hydrogens is 228 g/mol. The van der Waals surface area contributed by atoms with Crippen LogP contribution in [0.3, 0.4) is 0 Å². The minimum absolute atomic E-state index is 0.250. The summed E-state index contributed by atoms with van der Waals surface area (Å²) in [6.07, 6.45) is 0.262. The van der Waals surface area contributed by atoms with E-state index in [9.17, 15) is 0 Å². The van der Waals surface area contributed by atoms with E-state index in [4.69, 9.17) is 14.5 Å². The van der Waals surface area contributed by atoms with Crippen molar-refractivity contribution in [2.24, 2.45) is 0 Å². The van der Waals surface area contributed by atoms with Gasteiger partial charge in [-0.3, -0.25) is 4.66 Å². The normalized spacial score (nSPS) is 8.50. The first-order valence-corrected chi connectivity index (χ1v) is 5.45. The van der Waals surface area contributed by atoms with Crippen molar-refractivity contribution in [3.8, 4) is 5.75 Å². The van der Waals surface area contributed by atoms with Gasteiger partial charge in [-0.05, 0) is 39.8 Å². The van der Waals surface area contributed by atoms with Gasteiger partial charge in [-0.1, -0.05) is 17.7 Å². The Labute approximate surface area is 103 Å². The van der Waals surface area contributed by atoms with Gasteiger partial charge in [0, 0.05) is 6.61 Å². The minimum atomic E-state index is 0.250. The summed E-state index contributed by atoms with van der Waals surface area (Å²) in [5.41, 5.74) is 1.26. The van der Waals surface area contributed by atoms with Crippen molar-refractivity contribution in [2.45, 2.75) is 33.8 Å². The third-order valence-corrected chi connectivity index (χ3v) is 1.39. The second-order valence-electron chi connectivity index (χ2n) is 3.30. The summed E-state index contributed by atoms with van der Waals surface area (Å²) in [6, 6.07) is 8.10. The lowest BCUT2D eigenvalue weighted by atomic mass is 10.2. The highest BCUT2D eigenvalue weighted by molar-refractivity contribution is 6.04. The number of aliphatic hydroxyl groups excluding tert-OH is 1. The molecule has 4 heteroatoms. The summed E-state index contributed by atoms with van der Waals surface area (Å²) in [5.74, 6) is 0.950. The fourth-order valence-corrected chi connectivity index (χ4v) is 0.889. The Balaban J connectivity index is 0. The molecule has 1 aromatic carbocycles. The number of aryl methyl sites for hydroxylation is 1. The Hall–Kier alpha value is -0.770. The Morgan fingerprint density at radius 2 is 1.56 bits per heavy atom. The highest BCUT2D eigenvalue weighted by Gasteiger charge is 1.94. The van der Waals surface area contributed by atoms with E-state index < -0.39 is 0 Å². The average molecular weight is 249 g/mol. The molecule has 0 aliphatic rings. The van der Waals surface area contributed by atoms with E-state index in [1.807, 2.05) is 26.0 Å². The molecule has 16 heavy (non-hydrogen) atoms. The van der Waals surface area contributed by atoms with Gasteiger partial charge in [0.25, 0.3) is 0 Å². The largest absolute Gasteiger partial charge is 0.491 e. The van der Waals surface area contributed by atoms with E-state index in [-0.39, 0.29) is 12.7 Å². The van der Waals surface area contributed by atoms with Crippen molar-refractivity contribution in [3.05, 3.63) is 29.8 Å². The van der Waals surface area contributed by atoms with Gasteiger partial charge in [-0.2, -0.15) is 0 Å². The summed E-state index contributed by atoms with van der Waals surface area (Å²) in [7, 11) is 0. The summed E-state index contributed by atoms with van der Waals surface area (Å²) in [5, 5.41) is 7.57. The third-order valence-electron chi connectivity index (χ3n) is 1.39. The maximum absolute atomic E-state index is 7.57. The van der Waals surface area contributed by atoms with Gasteiger partial charge < -0.3 is 9.84 Å². The van der Waals surface area contributed by atoms with Crippen LogP contribution in [-0.4, -0.2) is 22.5 Å². The van der Waals surface area contributed by atoms with E-state index >= 15 is 0 Å².